The molecular weight excluding hydrogens is 430 g/mol. The predicted molar refractivity (Wildman–Crippen MR) is 140 cm³/mol. The van der Waals surface area contributed by atoms with Crippen LogP contribution in [-0.4, -0.2) is 31.1 Å². The van der Waals surface area contributed by atoms with Crippen molar-refractivity contribution in [3.8, 4) is 0 Å². The van der Waals surface area contributed by atoms with Crippen LogP contribution in [0.4, 0.5) is 0 Å². The molecule has 0 aliphatic carbocycles. The number of methoxy groups -OCH3 is 1. The number of nitrogens with zero attached hydrogens (tertiary/aromatic N) is 1. The Hall–Kier alpha value is -2.24. The number of carbonyl (C=O) groups excluding carboxylic acids is 1. The number of hydrogen-bond acceptors (Lipinski definition) is 3. The standard InChI is InChI=1S/C27H33NO2SSi/c1-19-22(20-11-7-6-8-12-20)16-26(31-18-32(3,4)5)28-24-14-10-9-13-21(24)15-25(28)23(19)17-27(29)30-2/h6-16,19,22-23H,17-18H2,1-5H3/t19-,22-,23+/m1/s1. The molecule has 32 heavy (non-hydrogen) atoms. The zero-order chi connectivity index (χ0) is 22.9. The van der Waals surface area contributed by atoms with Crippen molar-refractivity contribution in [2.24, 2.45) is 5.92 Å². The maximum absolute atomic E-state index is 12.5. The molecule has 0 unspecified atom stereocenters. The molecule has 0 amide bonds. The third kappa shape index (κ3) is 4.74. The van der Waals surface area contributed by atoms with Gasteiger partial charge in [-0.2, -0.15) is 0 Å². The molecule has 3 nitrogen and oxygen atoms in total. The van der Waals surface area contributed by atoms with E-state index in [0.29, 0.717) is 6.42 Å². The van der Waals surface area contributed by atoms with Crippen LogP contribution in [0.3, 0.4) is 0 Å². The largest absolute Gasteiger partial charge is 0.469 e. The minimum Gasteiger partial charge on any atom is -0.469 e. The highest BCUT2D eigenvalue weighted by molar-refractivity contribution is 8.09. The molecule has 4 rings (SSSR count). The number of carbonyl (C=O) groups is 1. The normalized spacial score (nSPS) is 21.0. The Labute approximate surface area is 196 Å². The predicted octanol–water partition coefficient (Wildman–Crippen LogP) is 7.13. The van der Waals surface area contributed by atoms with Gasteiger partial charge in [0.15, 0.2) is 0 Å². The van der Waals surface area contributed by atoms with Gasteiger partial charge in [-0.05, 0) is 35.1 Å². The molecule has 3 aromatic rings. The van der Waals surface area contributed by atoms with Crippen LogP contribution >= 0.6 is 11.8 Å². The van der Waals surface area contributed by atoms with Gasteiger partial charge in [0.2, 0.25) is 0 Å². The Bertz CT molecular complexity index is 1130. The second-order valence-corrected chi connectivity index (χ2v) is 17.0. The van der Waals surface area contributed by atoms with Crippen molar-refractivity contribution in [3.05, 3.63) is 78.0 Å². The number of para-hydroxylation sites is 1. The topological polar surface area (TPSA) is 31.2 Å². The summed E-state index contributed by atoms with van der Waals surface area (Å²) in [4.78, 5) is 12.5. The highest BCUT2D eigenvalue weighted by atomic mass is 32.2. The Morgan fingerprint density at radius 2 is 1.75 bits per heavy atom. The average Bonchev–Trinajstić information content (AvgIpc) is 3.11. The third-order valence-corrected chi connectivity index (χ3v) is 11.0. The highest BCUT2D eigenvalue weighted by Gasteiger charge is 2.35. The molecule has 1 aliphatic rings. The van der Waals surface area contributed by atoms with Gasteiger partial charge < -0.3 is 9.30 Å². The van der Waals surface area contributed by atoms with E-state index in [1.54, 1.807) is 0 Å². The first-order chi connectivity index (χ1) is 15.3. The fourth-order valence-corrected chi connectivity index (χ4v) is 7.53. The summed E-state index contributed by atoms with van der Waals surface area (Å²) in [6.07, 6.45) is 2.84. The van der Waals surface area contributed by atoms with Gasteiger partial charge in [0.05, 0.1) is 32.2 Å². The number of thioether (sulfide) groups is 1. The van der Waals surface area contributed by atoms with Crippen molar-refractivity contribution in [1.82, 2.24) is 4.57 Å². The molecule has 0 saturated heterocycles. The Kier molecular flexibility index (Phi) is 6.68. The van der Waals surface area contributed by atoms with Gasteiger partial charge in [0, 0.05) is 22.9 Å². The quantitative estimate of drug-likeness (QED) is 0.288. The summed E-state index contributed by atoms with van der Waals surface area (Å²) in [5, 5.41) is 3.67. The Morgan fingerprint density at radius 1 is 1.06 bits per heavy atom. The molecule has 0 fully saturated rings. The van der Waals surface area contributed by atoms with Crippen molar-refractivity contribution >= 4 is 41.7 Å². The molecule has 1 aromatic heterocycles. The van der Waals surface area contributed by atoms with Crippen LogP contribution in [0.2, 0.25) is 19.6 Å². The SMILES string of the molecule is COC(=O)C[C@@H]1c2cc3ccccc3n2C(SC[Si](C)(C)C)=C[C@@H](c2ccccc2)[C@H]1C. The summed E-state index contributed by atoms with van der Waals surface area (Å²) in [6.45, 7) is 9.55. The van der Waals surface area contributed by atoms with Crippen molar-refractivity contribution in [2.75, 3.05) is 12.5 Å². The Morgan fingerprint density at radius 3 is 2.44 bits per heavy atom. The fourth-order valence-electron chi connectivity index (χ4n) is 4.63. The van der Waals surface area contributed by atoms with Crippen LogP contribution < -0.4 is 0 Å². The lowest BCUT2D eigenvalue weighted by Gasteiger charge is -2.27. The zero-order valence-corrected chi connectivity index (χ0v) is 21.5. The summed E-state index contributed by atoms with van der Waals surface area (Å²) in [7, 11) is 0.229. The molecule has 0 saturated carbocycles. The van der Waals surface area contributed by atoms with Gasteiger partial charge in [-0.1, -0.05) is 75.1 Å². The first kappa shape index (κ1) is 22.9. The van der Waals surface area contributed by atoms with Crippen LogP contribution in [0, 0.1) is 5.92 Å². The van der Waals surface area contributed by atoms with E-state index >= 15 is 0 Å². The minimum absolute atomic E-state index is 0.0706. The number of hydrogen-bond donors (Lipinski definition) is 0. The lowest BCUT2D eigenvalue weighted by atomic mass is 9.77. The molecule has 3 atom stereocenters. The monoisotopic (exact) mass is 463 g/mol. The summed E-state index contributed by atoms with van der Waals surface area (Å²) in [6, 6.07) is 21.6. The number of rotatable bonds is 6. The van der Waals surface area contributed by atoms with Gasteiger partial charge in [-0.25, -0.2) is 0 Å². The van der Waals surface area contributed by atoms with Crippen molar-refractivity contribution < 1.29 is 9.53 Å². The zero-order valence-electron chi connectivity index (χ0n) is 19.7. The van der Waals surface area contributed by atoms with Crippen molar-refractivity contribution in [3.63, 3.8) is 0 Å². The first-order valence-electron chi connectivity index (χ1n) is 11.4. The van der Waals surface area contributed by atoms with Gasteiger partial charge in [0.25, 0.3) is 0 Å². The molecule has 168 valence electrons. The molecule has 0 N–H and O–H groups in total. The van der Waals surface area contributed by atoms with E-state index in [0.717, 1.165) is 5.38 Å². The average molecular weight is 464 g/mol. The van der Waals surface area contributed by atoms with E-state index in [1.165, 1.54) is 34.3 Å². The molecule has 5 heteroatoms. The molecule has 2 heterocycles. The molecule has 1 aliphatic heterocycles. The van der Waals surface area contributed by atoms with Crippen LogP contribution in [-0.2, 0) is 9.53 Å². The minimum atomic E-state index is -1.26. The van der Waals surface area contributed by atoms with Gasteiger partial charge >= 0.3 is 5.97 Å². The second-order valence-electron chi connectivity index (χ2n) is 10.0. The number of ether oxygens (including phenoxy) is 1. The van der Waals surface area contributed by atoms with Crippen LogP contribution in [0.15, 0.2) is 66.7 Å². The van der Waals surface area contributed by atoms with E-state index < -0.39 is 8.07 Å². The number of esters is 1. The van der Waals surface area contributed by atoms with Gasteiger partial charge in [-0.15, -0.1) is 11.8 Å². The summed E-state index contributed by atoms with van der Waals surface area (Å²) in [5.41, 5.74) is 3.74. The maximum Gasteiger partial charge on any atom is 0.306 e. The van der Waals surface area contributed by atoms with E-state index in [-0.39, 0.29) is 23.7 Å². The molecule has 0 bridgehead atoms. The smallest absolute Gasteiger partial charge is 0.306 e. The van der Waals surface area contributed by atoms with Crippen LogP contribution in [0.25, 0.3) is 15.9 Å². The summed E-state index contributed by atoms with van der Waals surface area (Å²) >= 11 is 1.98. The Balaban J connectivity index is 1.93. The second kappa shape index (κ2) is 9.32. The highest BCUT2D eigenvalue weighted by Crippen LogP contribution is 2.47. The number of aromatic nitrogens is 1. The lowest BCUT2D eigenvalue weighted by molar-refractivity contribution is -0.141. The molecular formula is C27H33NO2SSi. The molecule has 0 radical (unpaired) electrons. The summed E-state index contributed by atoms with van der Waals surface area (Å²) in [5.74, 6) is 0.406. The van der Waals surface area contributed by atoms with Crippen molar-refractivity contribution in [1.29, 1.82) is 0 Å². The number of benzene rings is 2. The lowest BCUT2D eigenvalue weighted by Crippen LogP contribution is -2.24. The summed E-state index contributed by atoms with van der Waals surface area (Å²) < 4.78 is 7.55. The van der Waals surface area contributed by atoms with Gasteiger partial charge in [0.1, 0.15) is 0 Å². The molecule has 0 spiro atoms. The van der Waals surface area contributed by atoms with Crippen LogP contribution in [0.1, 0.15) is 36.4 Å². The van der Waals surface area contributed by atoms with E-state index in [9.17, 15) is 4.79 Å². The van der Waals surface area contributed by atoms with Crippen LogP contribution in [0.5, 0.6) is 0 Å². The third-order valence-electron chi connectivity index (χ3n) is 6.31. The number of fused-ring (bicyclic) bond motifs is 3. The fraction of sp³-hybridized carbons (Fsp3) is 0.370. The first-order valence-corrected chi connectivity index (χ1v) is 16.0. The molecule has 2 aromatic carbocycles. The number of allylic oxidation sites excluding steroid dienone is 1. The van der Waals surface area contributed by atoms with E-state index in [1.807, 2.05) is 11.8 Å². The van der Waals surface area contributed by atoms with E-state index in [4.69, 9.17) is 4.74 Å². The van der Waals surface area contributed by atoms with E-state index in [2.05, 4.69) is 97.9 Å². The maximum atomic E-state index is 12.5. The van der Waals surface area contributed by atoms with Crippen molar-refractivity contribution in [2.45, 2.75) is 44.8 Å². The van der Waals surface area contributed by atoms with Gasteiger partial charge in [-0.3, -0.25) is 4.79 Å².